The van der Waals surface area contributed by atoms with Gasteiger partial charge in [0.05, 0.1) is 4.92 Å². The fourth-order valence-electron chi connectivity index (χ4n) is 2.56. The van der Waals surface area contributed by atoms with Crippen LogP contribution in [0.3, 0.4) is 0 Å². The Bertz CT molecular complexity index is 919. The number of nitro groups is 1. The molecule has 0 aliphatic rings. The number of non-ortho nitro benzene ring substituents is 1. The van der Waals surface area contributed by atoms with E-state index in [0.717, 1.165) is 24.2 Å². The van der Waals surface area contributed by atoms with Crippen LogP contribution >= 0.6 is 0 Å². The predicted molar refractivity (Wildman–Crippen MR) is 98.4 cm³/mol. The molecular formula is C19H18N4O3. The van der Waals surface area contributed by atoms with Crippen molar-refractivity contribution in [2.45, 2.75) is 6.54 Å². The molecule has 3 aromatic rings. The zero-order valence-electron chi connectivity index (χ0n) is 14.3. The van der Waals surface area contributed by atoms with E-state index in [1.165, 1.54) is 12.1 Å². The summed E-state index contributed by atoms with van der Waals surface area (Å²) in [6.07, 6.45) is 1.86. The van der Waals surface area contributed by atoms with Crippen molar-refractivity contribution in [3.63, 3.8) is 0 Å². The molecular weight excluding hydrogens is 332 g/mol. The van der Waals surface area contributed by atoms with Gasteiger partial charge in [-0.15, -0.1) is 16.8 Å². The normalized spacial score (nSPS) is 10.8. The standard InChI is InChI=1S/C19H18N4O3/c1-3-11-22(2)13-14-7-9-15(10-8-14)18-20-21-19(26-18)16-5-4-6-17(12-16)23(24)25/h3-10,12H,1,11,13H2,2H3. The smallest absolute Gasteiger partial charge is 0.270 e. The SMILES string of the molecule is C=CCN(C)Cc1ccc(-c2nnc(-c3cccc([N+](=O)[O-])c3)o2)cc1. The quantitative estimate of drug-likeness (QED) is 0.365. The van der Waals surface area contributed by atoms with Crippen LogP contribution in [0.4, 0.5) is 5.69 Å². The monoisotopic (exact) mass is 350 g/mol. The second kappa shape index (κ2) is 7.71. The summed E-state index contributed by atoms with van der Waals surface area (Å²) in [6.45, 7) is 5.36. The summed E-state index contributed by atoms with van der Waals surface area (Å²) < 4.78 is 5.68. The van der Waals surface area contributed by atoms with Crippen molar-refractivity contribution in [1.82, 2.24) is 15.1 Å². The summed E-state index contributed by atoms with van der Waals surface area (Å²) in [5.74, 6) is 0.621. The highest BCUT2D eigenvalue weighted by Crippen LogP contribution is 2.26. The molecule has 1 aromatic heterocycles. The van der Waals surface area contributed by atoms with Gasteiger partial charge in [-0.05, 0) is 30.8 Å². The van der Waals surface area contributed by atoms with Crippen molar-refractivity contribution < 1.29 is 9.34 Å². The first kappa shape index (κ1) is 17.5. The maximum atomic E-state index is 10.9. The molecule has 26 heavy (non-hydrogen) atoms. The molecule has 0 amide bonds. The first-order chi connectivity index (χ1) is 12.6. The Kier molecular flexibility index (Phi) is 5.19. The van der Waals surface area contributed by atoms with Gasteiger partial charge in [0.25, 0.3) is 5.69 Å². The lowest BCUT2D eigenvalue weighted by Gasteiger charge is -2.14. The average Bonchev–Trinajstić information content (AvgIpc) is 3.13. The predicted octanol–water partition coefficient (Wildman–Crippen LogP) is 3.93. The van der Waals surface area contributed by atoms with Crippen LogP contribution in [0.15, 0.2) is 65.6 Å². The van der Waals surface area contributed by atoms with Crippen molar-refractivity contribution in [2.24, 2.45) is 0 Å². The van der Waals surface area contributed by atoms with E-state index >= 15 is 0 Å². The lowest BCUT2D eigenvalue weighted by molar-refractivity contribution is -0.384. The van der Waals surface area contributed by atoms with E-state index in [1.807, 2.05) is 37.4 Å². The maximum absolute atomic E-state index is 10.9. The Hall–Kier alpha value is -3.32. The molecule has 0 radical (unpaired) electrons. The van der Waals surface area contributed by atoms with Gasteiger partial charge in [-0.25, -0.2) is 0 Å². The van der Waals surface area contributed by atoms with Crippen molar-refractivity contribution in [3.05, 3.63) is 76.9 Å². The van der Waals surface area contributed by atoms with E-state index in [-0.39, 0.29) is 11.6 Å². The van der Waals surface area contributed by atoms with Crippen molar-refractivity contribution in [1.29, 1.82) is 0 Å². The van der Waals surface area contributed by atoms with E-state index in [4.69, 9.17) is 4.42 Å². The van der Waals surface area contributed by atoms with Crippen LogP contribution in [0.5, 0.6) is 0 Å². The topological polar surface area (TPSA) is 85.3 Å². The number of likely N-dealkylation sites (N-methyl/N-ethyl adjacent to an activating group) is 1. The minimum Gasteiger partial charge on any atom is -0.416 e. The summed E-state index contributed by atoms with van der Waals surface area (Å²) in [6, 6.07) is 14.0. The number of benzene rings is 2. The Morgan fingerprint density at radius 1 is 1.15 bits per heavy atom. The molecule has 1 heterocycles. The minimum absolute atomic E-state index is 0.0183. The van der Waals surface area contributed by atoms with E-state index < -0.39 is 4.92 Å². The first-order valence-corrected chi connectivity index (χ1v) is 8.04. The molecule has 0 bridgehead atoms. The van der Waals surface area contributed by atoms with E-state index in [0.29, 0.717) is 11.5 Å². The fourth-order valence-corrected chi connectivity index (χ4v) is 2.56. The van der Waals surface area contributed by atoms with Gasteiger partial charge in [0.1, 0.15) is 0 Å². The summed E-state index contributed by atoms with van der Waals surface area (Å²) in [4.78, 5) is 12.6. The van der Waals surface area contributed by atoms with E-state index in [2.05, 4.69) is 21.7 Å². The van der Waals surface area contributed by atoms with Crippen LogP contribution in [-0.4, -0.2) is 33.6 Å². The summed E-state index contributed by atoms with van der Waals surface area (Å²) >= 11 is 0. The van der Waals surface area contributed by atoms with Crippen LogP contribution in [0.2, 0.25) is 0 Å². The number of aromatic nitrogens is 2. The lowest BCUT2D eigenvalue weighted by Crippen LogP contribution is -2.17. The van der Waals surface area contributed by atoms with Crippen LogP contribution in [0, 0.1) is 10.1 Å². The number of rotatable bonds is 7. The van der Waals surface area contributed by atoms with Crippen LogP contribution < -0.4 is 0 Å². The molecule has 0 N–H and O–H groups in total. The van der Waals surface area contributed by atoms with Crippen molar-refractivity contribution >= 4 is 5.69 Å². The van der Waals surface area contributed by atoms with Gasteiger partial charge >= 0.3 is 0 Å². The highest BCUT2D eigenvalue weighted by Gasteiger charge is 2.13. The molecule has 7 nitrogen and oxygen atoms in total. The largest absolute Gasteiger partial charge is 0.416 e. The Morgan fingerprint density at radius 2 is 1.85 bits per heavy atom. The molecule has 2 aromatic carbocycles. The first-order valence-electron chi connectivity index (χ1n) is 8.04. The fraction of sp³-hybridized carbons (Fsp3) is 0.158. The second-order valence-electron chi connectivity index (χ2n) is 5.90. The highest BCUT2D eigenvalue weighted by molar-refractivity contribution is 5.60. The third-order valence-electron chi connectivity index (χ3n) is 3.82. The molecule has 0 atom stereocenters. The van der Waals surface area contributed by atoms with Gasteiger partial charge in [0, 0.05) is 36.3 Å². The Labute approximate surface area is 150 Å². The van der Waals surface area contributed by atoms with Crippen LogP contribution in [-0.2, 0) is 6.54 Å². The molecule has 0 saturated carbocycles. The molecule has 0 unspecified atom stereocenters. The van der Waals surface area contributed by atoms with Crippen molar-refractivity contribution in [2.75, 3.05) is 13.6 Å². The van der Waals surface area contributed by atoms with Gasteiger partial charge in [-0.3, -0.25) is 15.0 Å². The van der Waals surface area contributed by atoms with Gasteiger partial charge in [0.15, 0.2) is 0 Å². The number of nitro benzene ring substituents is 1. The molecule has 0 spiro atoms. The highest BCUT2D eigenvalue weighted by atomic mass is 16.6. The molecule has 7 heteroatoms. The van der Waals surface area contributed by atoms with E-state index in [1.54, 1.807) is 12.1 Å². The second-order valence-corrected chi connectivity index (χ2v) is 5.90. The van der Waals surface area contributed by atoms with Gasteiger partial charge < -0.3 is 4.42 Å². The number of hydrogen-bond acceptors (Lipinski definition) is 6. The average molecular weight is 350 g/mol. The zero-order valence-corrected chi connectivity index (χ0v) is 14.3. The molecule has 0 fully saturated rings. The van der Waals surface area contributed by atoms with Crippen molar-refractivity contribution in [3.8, 4) is 22.9 Å². The van der Waals surface area contributed by atoms with Gasteiger partial charge in [0.2, 0.25) is 11.8 Å². The summed E-state index contributed by atoms with van der Waals surface area (Å²) in [5.41, 5.74) is 2.46. The lowest BCUT2D eigenvalue weighted by atomic mass is 10.1. The summed E-state index contributed by atoms with van der Waals surface area (Å²) in [5, 5.41) is 18.9. The summed E-state index contributed by atoms with van der Waals surface area (Å²) in [7, 11) is 2.03. The molecule has 132 valence electrons. The molecule has 3 rings (SSSR count). The van der Waals surface area contributed by atoms with E-state index in [9.17, 15) is 10.1 Å². The molecule has 0 aliphatic heterocycles. The Balaban J connectivity index is 1.78. The molecule has 0 saturated heterocycles. The zero-order chi connectivity index (χ0) is 18.5. The number of nitrogens with zero attached hydrogens (tertiary/aromatic N) is 4. The van der Waals surface area contributed by atoms with Crippen LogP contribution in [0.25, 0.3) is 22.9 Å². The number of hydrogen-bond donors (Lipinski definition) is 0. The van der Waals surface area contributed by atoms with Gasteiger partial charge in [-0.1, -0.05) is 24.3 Å². The third-order valence-corrected chi connectivity index (χ3v) is 3.82. The minimum atomic E-state index is -0.455. The third kappa shape index (κ3) is 4.01. The van der Waals surface area contributed by atoms with Gasteiger partial charge in [-0.2, -0.15) is 0 Å². The van der Waals surface area contributed by atoms with Crippen LogP contribution in [0.1, 0.15) is 5.56 Å². The Morgan fingerprint density at radius 3 is 2.50 bits per heavy atom. The maximum Gasteiger partial charge on any atom is 0.270 e. The molecule has 0 aliphatic carbocycles.